The van der Waals surface area contributed by atoms with Crippen LogP contribution < -0.4 is 0 Å². The molecule has 0 bridgehead atoms. The largest absolute Gasteiger partial charge is 0.265 e. The van der Waals surface area contributed by atoms with Crippen LogP contribution in [0.4, 0.5) is 0 Å². The lowest BCUT2D eigenvalue weighted by Gasteiger charge is -2.15. The summed E-state index contributed by atoms with van der Waals surface area (Å²) in [6.07, 6.45) is 9.32. The smallest absolute Gasteiger partial charge is 0.0716 e. The van der Waals surface area contributed by atoms with Crippen LogP contribution in [0.1, 0.15) is 0 Å². The van der Waals surface area contributed by atoms with Gasteiger partial charge in [-0.15, -0.1) is 0 Å². The third-order valence-corrected chi connectivity index (χ3v) is 24.9. The molecule has 0 N–H and O–H groups in total. The van der Waals surface area contributed by atoms with E-state index in [4.69, 9.17) is 19.9 Å². The molecule has 0 saturated carbocycles. The van der Waals surface area contributed by atoms with Crippen LogP contribution in [0.5, 0.6) is 0 Å². The van der Waals surface area contributed by atoms with Crippen molar-refractivity contribution in [3.05, 3.63) is 510 Å². The third kappa shape index (κ3) is 16.9. The van der Waals surface area contributed by atoms with Gasteiger partial charge >= 0.3 is 0 Å². The molecule has 24 aromatic rings. The minimum absolute atomic E-state index is 0.933. The second-order valence-electron chi connectivity index (χ2n) is 33.3. The summed E-state index contributed by atoms with van der Waals surface area (Å²) in [5, 5.41) is 15.0. The molecule has 0 amide bonds. The molecule has 0 spiro atoms. The summed E-state index contributed by atoms with van der Waals surface area (Å²) in [5.74, 6) is 0. The molecule has 0 fully saturated rings. The molecule has 24 rings (SSSR count). The van der Waals surface area contributed by atoms with Gasteiger partial charge in [0.25, 0.3) is 0 Å². The molecule has 6 nitrogen and oxygen atoms in total. The van der Waals surface area contributed by atoms with Crippen molar-refractivity contribution in [2.45, 2.75) is 0 Å². The molecule has 0 unspecified atom stereocenters. The van der Waals surface area contributed by atoms with Crippen molar-refractivity contribution >= 4 is 64.6 Å². The Morgan fingerprint density at radius 3 is 0.848 bits per heavy atom. The fraction of sp³-hybridized carbons (Fsp3) is 0. The predicted molar refractivity (Wildman–Crippen MR) is 553 cm³/mol. The molecule has 0 atom stereocenters. The van der Waals surface area contributed by atoms with Crippen molar-refractivity contribution in [2.24, 2.45) is 0 Å². The molecule has 0 aliphatic heterocycles. The standard InChI is InChI=1S/3C42H28N2/c1-3-13-29(14-4-1)41-27-33(28-42(44-41)30-15-5-2-6-16-30)32-23-34(25-35(24-32)40-21-11-12-22-43-40)39-26-31-17-7-8-18-36(31)37-19-9-10-20-38(37)39;1-3-12-29(13-4-1)34-26-41(30-14-5-2-6-15-30)44-42(27-34)36-23-33(32-17-11-21-43-28-32)22-35(24-36)40-25-31-16-7-8-18-37(31)38-19-9-10-20-39(38)40;1-3-9-29(10-4-1)37-27-41(33-12-5-2-6-13-33)44-42(28-37)38-24-35(30-19-21-43-22-20-30)23-36(25-38)34-18-17-32-16-15-31-11-7-8-14-39(31)40(32)26-34/h3*1-28H. The van der Waals surface area contributed by atoms with Gasteiger partial charge < -0.3 is 0 Å². The van der Waals surface area contributed by atoms with Crippen molar-refractivity contribution in [3.63, 3.8) is 0 Å². The number of pyridine rings is 6. The molecule has 6 heteroatoms. The van der Waals surface area contributed by atoms with Gasteiger partial charge in [-0.3, -0.25) is 15.0 Å². The Bertz CT molecular complexity index is 7810. The Labute approximate surface area is 767 Å². The Kier molecular flexibility index (Phi) is 22.1. The maximum Gasteiger partial charge on any atom is 0.0716 e. The quantitative estimate of drug-likeness (QED) is 0.0952. The molecule has 0 saturated heterocycles. The minimum Gasteiger partial charge on any atom is -0.265 e. The molecule has 6 aromatic heterocycles. The van der Waals surface area contributed by atoms with Crippen LogP contribution in [0.3, 0.4) is 0 Å². The molecule has 6 heterocycles. The zero-order valence-corrected chi connectivity index (χ0v) is 72.2. The lowest BCUT2D eigenvalue weighted by Crippen LogP contribution is -1.93. The Morgan fingerprint density at radius 2 is 0.417 bits per heavy atom. The van der Waals surface area contributed by atoms with Crippen molar-refractivity contribution in [1.82, 2.24) is 29.9 Å². The van der Waals surface area contributed by atoms with E-state index in [1.807, 2.05) is 73.4 Å². The maximum absolute atomic E-state index is 5.27. The summed E-state index contributed by atoms with van der Waals surface area (Å²) in [6, 6.07) is 170. The first-order valence-electron chi connectivity index (χ1n) is 44.7. The highest BCUT2D eigenvalue weighted by atomic mass is 14.7. The summed E-state index contributed by atoms with van der Waals surface area (Å²) in [6.45, 7) is 0. The van der Waals surface area contributed by atoms with Gasteiger partial charge in [0, 0.05) is 75.5 Å². The van der Waals surface area contributed by atoms with E-state index >= 15 is 0 Å². The van der Waals surface area contributed by atoms with Gasteiger partial charge in [0.2, 0.25) is 0 Å². The van der Waals surface area contributed by atoms with Crippen LogP contribution in [0.25, 0.3) is 232 Å². The van der Waals surface area contributed by atoms with Crippen LogP contribution in [-0.2, 0) is 0 Å². The van der Waals surface area contributed by atoms with E-state index in [1.54, 1.807) is 0 Å². The topological polar surface area (TPSA) is 77.3 Å². The SMILES string of the molecule is c1ccc(-c2cc(-c3cc(-c4ccccn4)cc(-c4cc5ccccc5c5ccccc45)c3)cc(-c3ccccc3)n2)cc1.c1ccc(-c2cc(-c3ccccc3)nc(-c3cc(-c4cccnc4)cc(-c4cc5ccccc5c5ccccc45)c3)c2)cc1.c1ccc(-c2cc(-c3ccccc3)nc(-c3cc(-c4ccncc4)cc(-c4ccc5ccc6ccccc6c5c4)c3)c2)cc1. The lowest BCUT2D eigenvalue weighted by molar-refractivity contribution is 1.32. The van der Waals surface area contributed by atoms with E-state index in [9.17, 15) is 0 Å². The van der Waals surface area contributed by atoms with Crippen molar-refractivity contribution in [3.8, 4) is 168 Å². The summed E-state index contributed by atoms with van der Waals surface area (Å²) in [7, 11) is 0. The van der Waals surface area contributed by atoms with Crippen molar-refractivity contribution in [2.75, 3.05) is 0 Å². The average molecular weight is 1680 g/mol. The van der Waals surface area contributed by atoms with E-state index < -0.39 is 0 Å². The number of hydrogen-bond donors (Lipinski definition) is 0. The molecular formula is C126H84N6. The van der Waals surface area contributed by atoms with Crippen molar-refractivity contribution < 1.29 is 0 Å². The molecular weight excluding hydrogens is 1600 g/mol. The van der Waals surface area contributed by atoms with Crippen LogP contribution >= 0.6 is 0 Å². The fourth-order valence-corrected chi connectivity index (χ4v) is 18.4. The highest BCUT2D eigenvalue weighted by molar-refractivity contribution is 6.16. The fourth-order valence-electron chi connectivity index (χ4n) is 18.4. The third-order valence-electron chi connectivity index (χ3n) is 24.9. The number of aromatic nitrogens is 6. The van der Waals surface area contributed by atoms with Crippen molar-refractivity contribution in [1.29, 1.82) is 0 Å². The first-order valence-corrected chi connectivity index (χ1v) is 44.7. The molecule has 0 aliphatic carbocycles. The van der Waals surface area contributed by atoms with E-state index in [1.165, 1.54) is 86.9 Å². The second kappa shape index (κ2) is 36.4. The lowest BCUT2D eigenvalue weighted by atomic mass is 9.89. The van der Waals surface area contributed by atoms with Crippen LogP contribution in [0.2, 0.25) is 0 Å². The predicted octanol–water partition coefficient (Wildman–Crippen LogP) is 33.4. The van der Waals surface area contributed by atoms with E-state index in [-0.39, 0.29) is 0 Å². The number of benzene rings is 18. The zero-order chi connectivity index (χ0) is 87.9. The first kappa shape index (κ1) is 80.3. The summed E-state index contributed by atoms with van der Waals surface area (Å²) in [5.41, 5.74) is 32.5. The second-order valence-corrected chi connectivity index (χ2v) is 33.3. The molecule has 0 aliphatic rings. The number of rotatable bonds is 15. The highest BCUT2D eigenvalue weighted by Gasteiger charge is 2.21. The van der Waals surface area contributed by atoms with Crippen LogP contribution in [-0.4, -0.2) is 29.9 Å². The summed E-state index contributed by atoms with van der Waals surface area (Å²) >= 11 is 0. The summed E-state index contributed by atoms with van der Waals surface area (Å²) in [4.78, 5) is 29.1. The van der Waals surface area contributed by atoms with Gasteiger partial charge in [-0.1, -0.05) is 340 Å². The Morgan fingerprint density at radius 1 is 0.121 bits per heavy atom. The van der Waals surface area contributed by atoms with Crippen LogP contribution in [0.15, 0.2) is 510 Å². The van der Waals surface area contributed by atoms with Crippen LogP contribution in [0, 0.1) is 0 Å². The maximum atomic E-state index is 5.27. The highest BCUT2D eigenvalue weighted by Crippen LogP contribution is 2.45. The Balaban J connectivity index is 0.000000116. The van der Waals surface area contributed by atoms with Gasteiger partial charge in [0.1, 0.15) is 0 Å². The summed E-state index contributed by atoms with van der Waals surface area (Å²) < 4.78 is 0. The molecule has 0 radical (unpaired) electrons. The van der Waals surface area contributed by atoms with Gasteiger partial charge in [-0.25, -0.2) is 15.0 Å². The molecule has 618 valence electrons. The van der Waals surface area contributed by atoms with E-state index in [0.717, 1.165) is 146 Å². The monoisotopic (exact) mass is 1680 g/mol. The average Bonchev–Trinajstić information content (AvgIpc) is 0.761. The molecule has 132 heavy (non-hydrogen) atoms. The normalized spacial score (nSPS) is 11.2. The number of nitrogens with zero attached hydrogens (tertiary/aromatic N) is 6. The van der Waals surface area contributed by atoms with E-state index in [2.05, 4.69) is 447 Å². The first-order chi connectivity index (χ1) is 65.4. The van der Waals surface area contributed by atoms with E-state index in [0.29, 0.717) is 0 Å². The Hall–Kier alpha value is -17.6. The number of fused-ring (bicyclic) bond motifs is 9. The van der Waals surface area contributed by atoms with Gasteiger partial charge in [-0.05, 0) is 288 Å². The minimum atomic E-state index is 0.933. The van der Waals surface area contributed by atoms with Gasteiger partial charge in [0.05, 0.1) is 39.9 Å². The number of hydrogen-bond acceptors (Lipinski definition) is 6. The molecule has 18 aromatic carbocycles. The van der Waals surface area contributed by atoms with Gasteiger partial charge in [-0.2, -0.15) is 0 Å². The zero-order valence-electron chi connectivity index (χ0n) is 72.2. The van der Waals surface area contributed by atoms with Gasteiger partial charge in [0.15, 0.2) is 0 Å².